The van der Waals surface area contributed by atoms with E-state index in [-0.39, 0.29) is 29.3 Å². The van der Waals surface area contributed by atoms with Crippen LogP contribution in [0.15, 0.2) is 42.1 Å². The number of piperazine rings is 3. The Kier molecular flexibility index (Phi) is 5.13. The molecule has 0 saturated carbocycles. The Morgan fingerprint density at radius 3 is 2.28 bits per heavy atom. The summed E-state index contributed by atoms with van der Waals surface area (Å²) in [5, 5.41) is 20.2. The van der Waals surface area contributed by atoms with Crippen molar-refractivity contribution in [3.05, 3.63) is 64.3 Å². The molecule has 0 radical (unpaired) electrons. The second kappa shape index (κ2) is 8.10. The predicted molar refractivity (Wildman–Crippen MR) is 144 cm³/mol. The Balaban J connectivity index is 1.23. The zero-order valence-electron chi connectivity index (χ0n) is 22.7. The Labute approximate surface area is 227 Å². The summed E-state index contributed by atoms with van der Waals surface area (Å²) >= 11 is 0. The van der Waals surface area contributed by atoms with Crippen molar-refractivity contribution < 1.29 is 33.6 Å². The summed E-state index contributed by atoms with van der Waals surface area (Å²) in [5.41, 5.74) is 5.51. The molecule has 0 aromatic heterocycles. The SMILES string of the molecule is C[C@@H](O)[C@H]1C(=O)N2C(C(=O)O)=C(c3ccc4c(c3)-c3ccc(C[N+]56CC[N+](C)(CC5)CC6)cc3C4=O)[C@H](C)[C@H]12. The van der Waals surface area contributed by atoms with Crippen LogP contribution in [-0.2, 0) is 16.1 Å². The van der Waals surface area contributed by atoms with Gasteiger partial charge in [0.1, 0.15) is 51.5 Å². The van der Waals surface area contributed by atoms with Crippen LogP contribution in [0.5, 0.6) is 0 Å². The van der Waals surface area contributed by atoms with E-state index in [2.05, 4.69) is 25.2 Å². The topological polar surface area (TPSA) is 94.9 Å². The van der Waals surface area contributed by atoms with Gasteiger partial charge in [0.15, 0.2) is 5.78 Å². The van der Waals surface area contributed by atoms with Crippen LogP contribution in [0, 0.1) is 11.8 Å². The molecule has 1 aliphatic carbocycles. The Morgan fingerprint density at radius 2 is 1.64 bits per heavy atom. The molecule has 2 aromatic carbocycles. The summed E-state index contributed by atoms with van der Waals surface area (Å²) in [5.74, 6) is -2.36. The smallest absolute Gasteiger partial charge is 0.352 e. The fraction of sp³-hybridized carbons (Fsp3) is 0.452. The van der Waals surface area contributed by atoms with E-state index in [1.165, 1.54) is 54.2 Å². The van der Waals surface area contributed by atoms with E-state index >= 15 is 0 Å². The third-order valence-corrected chi connectivity index (χ3v) is 10.4. The molecular formula is C31H35N3O5+2. The zero-order valence-corrected chi connectivity index (χ0v) is 22.7. The molecule has 2 N–H and O–H groups in total. The first-order chi connectivity index (χ1) is 18.5. The quantitative estimate of drug-likeness (QED) is 0.391. The van der Waals surface area contributed by atoms with Gasteiger partial charge in [-0.15, -0.1) is 0 Å². The highest BCUT2D eigenvalue weighted by Gasteiger charge is 2.60. The number of likely N-dealkylation sites (N-methyl/N-ethyl adjacent to an activating group) is 1. The number of amides is 1. The highest BCUT2D eigenvalue weighted by Crippen LogP contribution is 2.51. The highest BCUT2D eigenvalue weighted by atomic mass is 16.4. The molecular weight excluding hydrogens is 494 g/mol. The van der Waals surface area contributed by atoms with Crippen molar-refractivity contribution >= 4 is 23.2 Å². The van der Waals surface area contributed by atoms with Crippen LogP contribution in [0.25, 0.3) is 16.7 Å². The summed E-state index contributed by atoms with van der Waals surface area (Å²) in [4.78, 5) is 39.9. The number of β-lactam (4-membered cyclic amide) rings is 1. The molecule has 2 bridgehead atoms. The number of aliphatic hydroxyl groups excluding tert-OH is 1. The fourth-order valence-corrected chi connectivity index (χ4v) is 8.00. The average Bonchev–Trinajstić information content (AvgIpc) is 3.33. The molecule has 5 heterocycles. The number of aliphatic carboxylic acids is 1. The average molecular weight is 530 g/mol. The lowest BCUT2D eigenvalue weighted by molar-refractivity contribution is -1.08. The monoisotopic (exact) mass is 529 g/mol. The third kappa shape index (κ3) is 3.38. The van der Waals surface area contributed by atoms with Crippen LogP contribution in [0.1, 0.15) is 40.9 Å². The van der Waals surface area contributed by atoms with Crippen LogP contribution in [-0.4, -0.2) is 100 Å². The minimum Gasteiger partial charge on any atom is -0.477 e. The minimum atomic E-state index is -1.15. The first kappa shape index (κ1) is 24.7. The maximum Gasteiger partial charge on any atom is 0.352 e. The van der Waals surface area contributed by atoms with E-state index in [1.807, 2.05) is 13.0 Å². The number of fused-ring (bicyclic) bond motifs is 7. The van der Waals surface area contributed by atoms with E-state index in [0.29, 0.717) is 22.3 Å². The molecule has 4 atom stereocenters. The van der Waals surface area contributed by atoms with Gasteiger partial charge in [-0.3, -0.25) is 9.59 Å². The van der Waals surface area contributed by atoms with Crippen LogP contribution in [0.4, 0.5) is 0 Å². The zero-order chi connectivity index (χ0) is 27.4. The number of carbonyl (C=O) groups excluding carboxylic acids is 2. The van der Waals surface area contributed by atoms with Crippen molar-refractivity contribution in [2.45, 2.75) is 32.5 Å². The van der Waals surface area contributed by atoms with E-state index in [0.717, 1.165) is 22.2 Å². The number of hydrogen-bond donors (Lipinski definition) is 2. The number of carboxylic acid groups (broad SMARTS) is 1. The van der Waals surface area contributed by atoms with Crippen molar-refractivity contribution in [2.75, 3.05) is 46.3 Å². The van der Waals surface area contributed by atoms with Gasteiger partial charge in [0.05, 0.1) is 25.1 Å². The number of aliphatic hydroxyl groups is 1. The maximum atomic E-state index is 13.5. The maximum absolute atomic E-state index is 13.5. The van der Waals surface area contributed by atoms with Crippen molar-refractivity contribution in [1.29, 1.82) is 0 Å². The van der Waals surface area contributed by atoms with Crippen LogP contribution < -0.4 is 0 Å². The summed E-state index contributed by atoms with van der Waals surface area (Å²) < 4.78 is 2.29. The molecule has 4 fully saturated rings. The van der Waals surface area contributed by atoms with Crippen LogP contribution >= 0.6 is 0 Å². The minimum absolute atomic E-state index is 0.00926. The summed E-state index contributed by atoms with van der Waals surface area (Å²) in [7, 11) is 2.36. The normalized spacial score (nSPS) is 33.1. The van der Waals surface area contributed by atoms with Crippen LogP contribution in [0.3, 0.4) is 0 Å². The Bertz CT molecular complexity index is 1480. The molecule has 0 unspecified atom stereocenters. The number of carboxylic acids is 1. The second-order valence-electron chi connectivity index (χ2n) is 12.8. The molecule has 202 valence electrons. The van der Waals surface area contributed by atoms with Gasteiger partial charge < -0.3 is 24.1 Å². The number of nitrogens with zero attached hydrogens (tertiary/aromatic N) is 3. The highest BCUT2D eigenvalue weighted by molar-refractivity contribution is 6.22. The number of quaternary nitrogens is 2. The Morgan fingerprint density at radius 1 is 0.974 bits per heavy atom. The standard InChI is InChI=1S/C31H34N3O5/c1-17-25(28(31(38)39)32-27(17)26(18(2)35)30(32)37)20-5-7-22-23(15-20)21-6-4-19(14-24(21)29(22)36)16-34-11-8-33(3,9-12-34)10-13-34/h4-7,14-15,17-18,26-27,35H,8-13,16H2,1-3H3/q+1/p+1/t17-,18+,26+,27+,33?,34?/m0/s1. The van der Waals surface area contributed by atoms with E-state index in [1.54, 1.807) is 19.1 Å². The number of carbonyl (C=O) groups is 3. The van der Waals surface area contributed by atoms with Gasteiger partial charge in [-0.25, -0.2) is 4.79 Å². The summed E-state index contributed by atoms with van der Waals surface area (Å²) in [6.07, 6.45) is -0.849. The molecule has 39 heavy (non-hydrogen) atoms. The molecule has 6 aliphatic rings. The van der Waals surface area contributed by atoms with Crippen LogP contribution in [0.2, 0.25) is 0 Å². The predicted octanol–water partition coefficient (Wildman–Crippen LogP) is 2.34. The third-order valence-electron chi connectivity index (χ3n) is 10.4. The van der Waals surface area contributed by atoms with E-state index in [4.69, 9.17) is 0 Å². The van der Waals surface area contributed by atoms with Gasteiger partial charge in [-0.1, -0.05) is 25.1 Å². The largest absolute Gasteiger partial charge is 0.477 e. The van der Waals surface area contributed by atoms with Gasteiger partial charge in [-0.2, -0.15) is 0 Å². The number of rotatable bonds is 5. The first-order valence-electron chi connectivity index (χ1n) is 14.0. The van der Waals surface area contributed by atoms with Gasteiger partial charge >= 0.3 is 5.97 Å². The number of benzene rings is 2. The van der Waals surface area contributed by atoms with E-state index < -0.39 is 18.0 Å². The molecule has 2 aromatic rings. The molecule has 8 rings (SSSR count). The van der Waals surface area contributed by atoms with Crippen molar-refractivity contribution in [2.24, 2.45) is 11.8 Å². The molecule has 4 saturated heterocycles. The lowest BCUT2D eigenvalue weighted by Gasteiger charge is -2.54. The molecule has 8 nitrogen and oxygen atoms in total. The molecule has 8 heteroatoms. The summed E-state index contributed by atoms with van der Waals surface area (Å²) in [6.45, 7) is 11.6. The Hall–Kier alpha value is -3.33. The van der Waals surface area contributed by atoms with E-state index in [9.17, 15) is 24.6 Å². The van der Waals surface area contributed by atoms with Gasteiger partial charge in [0, 0.05) is 22.6 Å². The molecule has 5 aliphatic heterocycles. The van der Waals surface area contributed by atoms with Crippen molar-refractivity contribution in [3.63, 3.8) is 0 Å². The molecule has 0 spiro atoms. The fourth-order valence-electron chi connectivity index (χ4n) is 8.00. The van der Waals surface area contributed by atoms with Gasteiger partial charge in [0.25, 0.3) is 0 Å². The first-order valence-corrected chi connectivity index (χ1v) is 14.0. The lowest BCUT2D eigenvalue weighted by Crippen LogP contribution is -2.73. The van der Waals surface area contributed by atoms with Gasteiger partial charge in [0.2, 0.25) is 5.91 Å². The molecule has 1 amide bonds. The summed E-state index contributed by atoms with van der Waals surface area (Å²) in [6, 6.07) is 11.4. The lowest BCUT2D eigenvalue weighted by atomic mass is 9.76. The van der Waals surface area contributed by atoms with Crippen molar-refractivity contribution in [3.8, 4) is 11.1 Å². The number of ketones is 1. The van der Waals surface area contributed by atoms with Gasteiger partial charge in [-0.05, 0) is 47.4 Å². The number of hydrogen-bond acceptors (Lipinski definition) is 4. The van der Waals surface area contributed by atoms with Crippen molar-refractivity contribution in [1.82, 2.24) is 4.90 Å². The second-order valence-corrected chi connectivity index (χ2v) is 12.8.